The fraction of sp³-hybridized carbons (Fsp3) is 0.167. The molecule has 0 radical (unpaired) electrons. The number of carbonyl (C=O) groups is 1. The molecular formula is C12H13N3O2. The predicted molar refractivity (Wildman–Crippen MR) is 62.7 cm³/mol. The van der Waals surface area contributed by atoms with Crippen molar-refractivity contribution in [3.8, 4) is 5.75 Å². The Bertz CT molecular complexity index is 494. The van der Waals surface area contributed by atoms with Crippen molar-refractivity contribution in [3.05, 3.63) is 48.5 Å². The molecule has 1 amide bonds. The summed E-state index contributed by atoms with van der Waals surface area (Å²) in [6.07, 6.45) is 5.20. The van der Waals surface area contributed by atoms with Gasteiger partial charge in [-0.05, 0) is 12.1 Å². The molecule has 17 heavy (non-hydrogen) atoms. The fourth-order valence-electron chi connectivity index (χ4n) is 1.48. The van der Waals surface area contributed by atoms with E-state index in [0.717, 1.165) is 0 Å². The highest BCUT2D eigenvalue weighted by molar-refractivity contribution is 5.96. The first-order chi connectivity index (χ1) is 8.27. The molecule has 0 aliphatic heterocycles. The molecule has 0 saturated heterocycles. The second kappa shape index (κ2) is 5.16. The lowest BCUT2D eigenvalue weighted by Gasteiger charge is -2.06. The van der Waals surface area contributed by atoms with Crippen LogP contribution in [0.2, 0.25) is 0 Å². The number of para-hydroxylation sites is 1. The first-order valence-electron chi connectivity index (χ1n) is 5.29. The van der Waals surface area contributed by atoms with Gasteiger partial charge in [0.05, 0.1) is 11.9 Å². The van der Waals surface area contributed by atoms with E-state index in [1.807, 2.05) is 10.8 Å². The number of phenolic OH excluding ortho intramolecular Hbond substituents is 1. The van der Waals surface area contributed by atoms with Gasteiger partial charge < -0.3 is 15.0 Å². The van der Waals surface area contributed by atoms with Crippen LogP contribution in [0.1, 0.15) is 10.4 Å². The van der Waals surface area contributed by atoms with Crippen molar-refractivity contribution < 1.29 is 9.90 Å². The van der Waals surface area contributed by atoms with Crippen LogP contribution in [0.4, 0.5) is 0 Å². The zero-order chi connectivity index (χ0) is 12.1. The van der Waals surface area contributed by atoms with Crippen LogP contribution >= 0.6 is 0 Å². The summed E-state index contributed by atoms with van der Waals surface area (Å²) in [5, 5.41) is 12.2. The third-order valence-electron chi connectivity index (χ3n) is 2.36. The number of amides is 1. The van der Waals surface area contributed by atoms with Gasteiger partial charge in [-0.3, -0.25) is 4.79 Å². The normalized spacial score (nSPS) is 10.1. The lowest BCUT2D eigenvalue weighted by Crippen LogP contribution is -2.26. The largest absolute Gasteiger partial charge is 0.507 e. The lowest BCUT2D eigenvalue weighted by atomic mass is 10.2. The Hall–Kier alpha value is -2.30. The molecule has 1 heterocycles. The molecule has 0 unspecified atom stereocenters. The molecule has 0 spiro atoms. The number of phenols is 1. The van der Waals surface area contributed by atoms with E-state index in [0.29, 0.717) is 13.1 Å². The summed E-state index contributed by atoms with van der Waals surface area (Å²) in [5.74, 6) is -0.282. The first kappa shape index (κ1) is 11.2. The number of hydrogen-bond donors (Lipinski definition) is 2. The molecule has 0 bridgehead atoms. The maximum absolute atomic E-state index is 11.7. The van der Waals surface area contributed by atoms with E-state index >= 15 is 0 Å². The quantitative estimate of drug-likeness (QED) is 0.825. The van der Waals surface area contributed by atoms with Crippen LogP contribution < -0.4 is 5.32 Å². The zero-order valence-corrected chi connectivity index (χ0v) is 9.21. The lowest BCUT2D eigenvalue weighted by molar-refractivity contribution is 0.0949. The number of carbonyl (C=O) groups excluding carboxylic acids is 1. The minimum Gasteiger partial charge on any atom is -0.507 e. The van der Waals surface area contributed by atoms with Gasteiger partial charge in [0.2, 0.25) is 0 Å². The Morgan fingerprint density at radius 2 is 2.24 bits per heavy atom. The smallest absolute Gasteiger partial charge is 0.255 e. The maximum atomic E-state index is 11.7. The number of imidazole rings is 1. The van der Waals surface area contributed by atoms with Crippen LogP contribution in [0, 0.1) is 0 Å². The Kier molecular flexibility index (Phi) is 3.40. The molecule has 0 atom stereocenters. The van der Waals surface area contributed by atoms with Crippen molar-refractivity contribution in [1.29, 1.82) is 0 Å². The zero-order valence-electron chi connectivity index (χ0n) is 9.21. The van der Waals surface area contributed by atoms with E-state index < -0.39 is 0 Å². The fourth-order valence-corrected chi connectivity index (χ4v) is 1.48. The van der Waals surface area contributed by atoms with E-state index in [4.69, 9.17) is 0 Å². The molecule has 1 aromatic carbocycles. The van der Waals surface area contributed by atoms with Crippen molar-refractivity contribution in [3.63, 3.8) is 0 Å². The number of aromatic hydroxyl groups is 1. The van der Waals surface area contributed by atoms with Gasteiger partial charge in [-0.1, -0.05) is 12.1 Å². The molecule has 0 aliphatic carbocycles. The van der Waals surface area contributed by atoms with Crippen molar-refractivity contribution in [2.75, 3.05) is 6.54 Å². The molecule has 2 rings (SSSR count). The number of hydrogen-bond acceptors (Lipinski definition) is 3. The summed E-state index contributed by atoms with van der Waals surface area (Å²) in [4.78, 5) is 15.6. The predicted octanol–water partition coefficient (Wildman–Crippen LogP) is 1.02. The summed E-state index contributed by atoms with van der Waals surface area (Å²) >= 11 is 0. The first-order valence-corrected chi connectivity index (χ1v) is 5.29. The standard InChI is InChI=1S/C12H13N3O2/c16-11-4-2-1-3-10(11)12(17)14-6-8-15-7-5-13-9-15/h1-5,7,9,16H,6,8H2,(H,14,17). The van der Waals surface area contributed by atoms with E-state index in [1.54, 1.807) is 30.7 Å². The van der Waals surface area contributed by atoms with Gasteiger partial charge in [-0.2, -0.15) is 0 Å². The second-order valence-corrected chi connectivity index (χ2v) is 3.57. The molecule has 0 aliphatic rings. The van der Waals surface area contributed by atoms with Gasteiger partial charge in [-0.25, -0.2) is 4.98 Å². The van der Waals surface area contributed by atoms with Crippen molar-refractivity contribution in [2.45, 2.75) is 6.54 Å². The summed E-state index contributed by atoms with van der Waals surface area (Å²) in [5.41, 5.74) is 0.290. The number of nitrogens with zero attached hydrogens (tertiary/aromatic N) is 2. The van der Waals surface area contributed by atoms with Crippen molar-refractivity contribution in [2.24, 2.45) is 0 Å². The van der Waals surface area contributed by atoms with E-state index in [2.05, 4.69) is 10.3 Å². The van der Waals surface area contributed by atoms with E-state index in [-0.39, 0.29) is 17.2 Å². The minimum atomic E-state index is -0.275. The van der Waals surface area contributed by atoms with Crippen LogP contribution in [0.5, 0.6) is 5.75 Å². The van der Waals surface area contributed by atoms with Crippen LogP contribution in [0.3, 0.4) is 0 Å². The summed E-state index contributed by atoms with van der Waals surface area (Å²) in [7, 11) is 0. The molecule has 88 valence electrons. The van der Waals surface area contributed by atoms with Gasteiger partial charge in [0.15, 0.2) is 0 Å². The molecule has 0 fully saturated rings. The Morgan fingerprint density at radius 3 is 2.94 bits per heavy atom. The monoisotopic (exact) mass is 231 g/mol. The topological polar surface area (TPSA) is 67.2 Å². The number of nitrogens with one attached hydrogen (secondary N) is 1. The van der Waals surface area contributed by atoms with E-state index in [9.17, 15) is 9.90 Å². The van der Waals surface area contributed by atoms with Crippen LogP contribution in [0.15, 0.2) is 43.0 Å². The molecular weight excluding hydrogens is 218 g/mol. The molecule has 5 nitrogen and oxygen atoms in total. The van der Waals surface area contributed by atoms with Gasteiger partial charge >= 0.3 is 0 Å². The van der Waals surface area contributed by atoms with Crippen molar-refractivity contribution >= 4 is 5.91 Å². The number of benzene rings is 1. The molecule has 2 N–H and O–H groups in total. The van der Waals surface area contributed by atoms with Crippen LogP contribution in [-0.4, -0.2) is 27.1 Å². The van der Waals surface area contributed by atoms with Gasteiger partial charge in [0.1, 0.15) is 5.75 Å². The molecule has 0 saturated carbocycles. The highest BCUT2D eigenvalue weighted by atomic mass is 16.3. The van der Waals surface area contributed by atoms with Crippen molar-refractivity contribution in [1.82, 2.24) is 14.9 Å². The third kappa shape index (κ3) is 2.84. The summed E-state index contributed by atoms with van der Waals surface area (Å²) in [6, 6.07) is 6.47. The second-order valence-electron chi connectivity index (χ2n) is 3.57. The number of rotatable bonds is 4. The van der Waals surface area contributed by atoms with E-state index in [1.165, 1.54) is 6.07 Å². The Balaban J connectivity index is 1.88. The Labute approximate surface area is 98.7 Å². The van der Waals surface area contributed by atoms with Crippen LogP contribution in [0.25, 0.3) is 0 Å². The third-order valence-corrected chi connectivity index (χ3v) is 2.36. The maximum Gasteiger partial charge on any atom is 0.255 e. The average Bonchev–Trinajstić information content (AvgIpc) is 2.82. The highest BCUT2D eigenvalue weighted by Crippen LogP contribution is 2.14. The van der Waals surface area contributed by atoms with Gasteiger partial charge in [-0.15, -0.1) is 0 Å². The molecule has 1 aromatic heterocycles. The Morgan fingerprint density at radius 1 is 1.41 bits per heavy atom. The van der Waals surface area contributed by atoms with Gasteiger partial charge in [0.25, 0.3) is 5.91 Å². The average molecular weight is 231 g/mol. The SMILES string of the molecule is O=C(NCCn1ccnc1)c1ccccc1O. The summed E-state index contributed by atoms with van der Waals surface area (Å²) in [6.45, 7) is 1.14. The minimum absolute atomic E-state index is 0.00682. The highest BCUT2D eigenvalue weighted by Gasteiger charge is 2.08. The molecule has 2 aromatic rings. The van der Waals surface area contributed by atoms with Gasteiger partial charge in [0, 0.05) is 25.5 Å². The van der Waals surface area contributed by atoms with Crippen LogP contribution in [-0.2, 0) is 6.54 Å². The molecule has 5 heteroatoms. The number of aromatic nitrogens is 2. The summed E-state index contributed by atoms with van der Waals surface area (Å²) < 4.78 is 1.87.